The van der Waals surface area contributed by atoms with Gasteiger partial charge in [-0.25, -0.2) is 0 Å². The van der Waals surface area contributed by atoms with Gasteiger partial charge < -0.3 is 20.0 Å². The van der Waals surface area contributed by atoms with Crippen LogP contribution < -0.4 is 10.2 Å². The van der Waals surface area contributed by atoms with Gasteiger partial charge in [0, 0.05) is 56.6 Å². The summed E-state index contributed by atoms with van der Waals surface area (Å²) in [5.41, 5.74) is 3.19. The van der Waals surface area contributed by atoms with Crippen LogP contribution in [0.1, 0.15) is 68.3 Å². The molecule has 37 heavy (non-hydrogen) atoms. The summed E-state index contributed by atoms with van der Waals surface area (Å²) in [6.45, 7) is 9.79. The van der Waals surface area contributed by atoms with Crippen LogP contribution in [0.2, 0.25) is 0 Å². The summed E-state index contributed by atoms with van der Waals surface area (Å²) in [4.78, 5) is 45.3. The molecule has 1 atom stereocenters. The number of benzene rings is 2. The second kappa shape index (κ2) is 12.3. The molecule has 1 heterocycles. The predicted octanol–water partition coefficient (Wildman–Crippen LogP) is 4.75. The highest BCUT2D eigenvalue weighted by Gasteiger charge is 2.30. The summed E-state index contributed by atoms with van der Waals surface area (Å²) in [6.07, 6.45) is 3.73. The number of amides is 3. The summed E-state index contributed by atoms with van der Waals surface area (Å²) in [5, 5.41) is 3.02. The molecule has 1 saturated heterocycles. The molecule has 1 aliphatic carbocycles. The molecule has 2 fully saturated rings. The maximum atomic E-state index is 13.5. The summed E-state index contributed by atoms with van der Waals surface area (Å²) >= 11 is 0. The van der Waals surface area contributed by atoms with E-state index in [1.807, 2.05) is 72.2 Å². The number of rotatable bonds is 9. The molecule has 1 N–H and O–H groups in total. The van der Waals surface area contributed by atoms with Crippen molar-refractivity contribution in [2.75, 3.05) is 49.5 Å². The smallest absolute Gasteiger partial charge is 0.256 e. The number of anilines is 2. The Labute approximate surface area is 220 Å². The van der Waals surface area contributed by atoms with Crippen LogP contribution in [0, 0.1) is 5.92 Å². The van der Waals surface area contributed by atoms with Crippen molar-refractivity contribution in [3.63, 3.8) is 0 Å². The van der Waals surface area contributed by atoms with Gasteiger partial charge in [0.25, 0.3) is 5.91 Å². The SMILES string of the molecule is CC[C@H](C(=O)N1CCN(c2ccc(NC(=O)C3CCC3)cc2C(=O)N(CC)CC)CC1)c1ccccc1. The highest BCUT2D eigenvalue weighted by Crippen LogP contribution is 2.31. The van der Waals surface area contributed by atoms with Gasteiger partial charge in [0.2, 0.25) is 11.8 Å². The first kappa shape index (κ1) is 26.7. The van der Waals surface area contributed by atoms with Gasteiger partial charge in [-0.3, -0.25) is 14.4 Å². The van der Waals surface area contributed by atoms with Gasteiger partial charge in [-0.15, -0.1) is 0 Å². The van der Waals surface area contributed by atoms with Crippen molar-refractivity contribution in [1.82, 2.24) is 9.80 Å². The molecule has 2 aromatic carbocycles. The van der Waals surface area contributed by atoms with Crippen molar-refractivity contribution >= 4 is 29.1 Å². The van der Waals surface area contributed by atoms with Crippen molar-refractivity contribution in [3.05, 3.63) is 59.7 Å². The Hall–Kier alpha value is -3.35. The molecular weight excluding hydrogens is 464 g/mol. The highest BCUT2D eigenvalue weighted by molar-refractivity contribution is 6.02. The number of nitrogens with zero attached hydrogens (tertiary/aromatic N) is 3. The van der Waals surface area contributed by atoms with E-state index in [2.05, 4.69) is 17.1 Å². The lowest BCUT2D eigenvalue weighted by Gasteiger charge is -2.38. The van der Waals surface area contributed by atoms with Gasteiger partial charge >= 0.3 is 0 Å². The van der Waals surface area contributed by atoms with E-state index in [-0.39, 0.29) is 29.6 Å². The number of hydrogen-bond acceptors (Lipinski definition) is 4. The molecule has 1 aliphatic heterocycles. The first-order valence-corrected chi connectivity index (χ1v) is 13.8. The van der Waals surface area contributed by atoms with E-state index in [0.717, 1.165) is 36.9 Å². The van der Waals surface area contributed by atoms with Gasteiger partial charge in [-0.1, -0.05) is 43.7 Å². The van der Waals surface area contributed by atoms with Crippen molar-refractivity contribution in [1.29, 1.82) is 0 Å². The number of carbonyl (C=O) groups is 3. The van der Waals surface area contributed by atoms with Crippen LogP contribution in [0.5, 0.6) is 0 Å². The first-order valence-electron chi connectivity index (χ1n) is 13.8. The van der Waals surface area contributed by atoms with Crippen molar-refractivity contribution in [3.8, 4) is 0 Å². The van der Waals surface area contributed by atoms with E-state index in [1.54, 1.807) is 0 Å². The van der Waals surface area contributed by atoms with Crippen LogP contribution in [0.3, 0.4) is 0 Å². The second-order valence-corrected chi connectivity index (χ2v) is 10.0. The van der Waals surface area contributed by atoms with Gasteiger partial charge in [-0.05, 0) is 56.9 Å². The van der Waals surface area contributed by atoms with Crippen LogP contribution in [0.25, 0.3) is 0 Å². The summed E-state index contributed by atoms with van der Waals surface area (Å²) in [7, 11) is 0. The Morgan fingerprint density at radius 1 is 0.946 bits per heavy atom. The molecule has 7 nitrogen and oxygen atoms in total. The standard InChI is InChI=1S/C30H40N4O3/c1-4-25(22-11-8-7-9-12-22)29(36)34-19-17-33(18-20-34)27-16-15-24(31-28(35)23-13-10-14-23)21-26(27)30(37)32(5-2)6-3/h7-9,11-12,15-16,21,23,25H,4-6,10,13-14,17-20H2,1-3H3,(H,31,35)/t25-/m0/s1. The Morgan fingerprint density at radius 3 is 2.19 bits per heavy atom. The molecule has 2 aromatic rings. The van der Waals surface area contributed by atoms with Crippen LogP contribution in [-0.2, 0) is 9.59 Å². The Balaban J connectivity index is 1.50. The lowest BCUT2D eigenvalue weighted by Crippen LogP contribution is -2.50. The third-order valence-electron chi connectivity index (χ3n) is 7.86. The van der Waals surface area contributed by atoms with E-state index >= 15 is 0 Å². The fraction of sp³-hybridized carbons (Fsp3) is 0.500. The molecular formula is C30H40N4O3. The third kappa shape index (κ3) is 5.97. The maximum absolute atomic E-state index is 13.5. The summed E-state index contributed by atoms with van der Waals surface area (Å²) in [6, 6.07) is 15.7. The zero-order chi connectivity index (χ0) is 26.4. The van der Waals surface area contributed by atoms with Crippen molar-refractivity contribution < 1.29 is 14.4 Å². The van der Waals surface area contributed by atoms with Gasteiger partial charge in [0.05, 0.1) is 11.5 Å². The van der Waals surface area contributed by atoms with Crippen LogP contribution in [0.15, 0.2) is 48.5 Å². The number of piperazine rings is 1. The summed E-state index contributed by atoms with van der Waals surface area (Å²) in [5.74, 6) is 0.118. The molecule has 7 heteroatoms. The Morgan fingerprint density at radius 2 is 1.62 bits per heavy atom. The second-order valence-electron chi connectivity index (χ2n) is 10.0. The molecule has 2 aliphatic rings. The molecule has 198 valence electrons. The van der Waals surface area contributed by atoms with E-state index in [4.69, 9.17) is 0 Å². The third-order valence-corrected chi connectivity index (χ3v) is 7.86. The largest absolute Gasteiger partial charge is 0.367 e. The molecule has 0 bridgehead atoms. The predicted molar refractivity (Wildman–Crippen MR) is 148 cm³/mol. The molecule has 4 rings (SSSR count). The molecule has 0 aromatic heterocycles. The molecule has 0 spiro atoms. The van der Waals surface area contributed by atoms with Crippen molar-refractivity contribution in [2.24, 2.45) is 5.92 Å². The van der Waals surface area contributed by atoms with Gasteiger partial charge in [0.1, 0.15) is 0 Å². The lowest BCUT2D eigenvalue weighted by atomic mass is 9.85. The first-order chi connectivity index (χ1) is 18.0. The minimum atomic E-state index is -0.133. The molecule has 0 unspecified atom stereocenters. The quantitative estimate of drug-likeness (QED) is 0.535. The van der Waals surface area contributed by atoms with Gasteiger partial charge in [-0.2, -0.15) is 0 Å². The average molecular weight is 505 g/mol. The van der Waals surface area contributed by atoms with Gasteiger partial charge in [0.15, 0.2) is 0 Å². The summed E-state index contributed by atoms with van der Waals surface area (Å²) < 4.78 is 0. The van der Waals surface area contributed by atoms with E-state index in [9.17, 15) is 14.4 Å². The van der Waals surface area contributed by atoms with Crippen molar-refractivity contribution in [2.45, 2.75) is 52.4 Å². The zero-order valence-electron chi connectivity index (χ0n) is 22.4. The Bertz CT molecular complexity index is 1090. The van der Waals surface area contributed by atoms with E-state index < -0.39 is 0 Å². The number of nitrogens with one attached hydrogen (secondary N) is 1. The molecule has 0 radical (unpaired) electrons. The van der Waals surface area contributed by atoms with E-state index in [0.29, 0.717) is 50.5 Å². The monoisotopic (exact) mass is 504 g/mol. The number of hydrogen-bond donors (Lipinski definition) is 1. The van der Waals surface area contributed by atoms with Crippen LogP contribution in [0.4, 0.5) is 11.4 Å². The van der Waals surface area contributed by atoms with E-state index in [1.165, 1.54) is 0 Å². The highest BCUT2D eigenvalue weighted by atomic mass is 16.2. The molecule has 3 amide bonds. The normalized spacial score (nSPS) is 16.6. The maximum Gasteiger partial charge on any atom is 0.256 e. The van der Waals surface area contributed by atoms with Crippen LogP contribution in [-0.4, -0.2) is 66.8 Å². The van der Waals surface area contributed by atoms with Crippen LogP contribution >= 0.6 is 0 Å². The number of carbonyl (C=O) groups excluding carboxylic acids is 3. The minimum Gasteiger partial charge on any atom is -0.367 e. The zero-order valence-corrected chi connectivity index (χ0v) is 22.4. The fourth-order valence-corrected chi connectivity index (χ4v) is 5.28. The Kier molecular flexibility index (Phi) is 8.85. The fourth-order valence-electron chi connectivity index (χ4n) is 5.28. The molecule has 1 saturated carbocycles. The topological polar surface area (TPSA) is 73.0 Å². The minimum absolute atomic E-state index is 0.0339. The average Bonchev–Trinajstić information content (AvgIpc) is 2.89. The lowest BCUT2D eigenvalue weighted by molar-refractivity contribution is -0.133.